The number of rotatable bonds is 8. The fourth-order valence-corrected chi connectivity index (χ4v) is 5.01. The lowest BCUT2D eigenvalue weighted by atomic mass is 10.2. The lowest BCUT2D eigenvalue weighted by molar-refractivity contribution is -0.909. The standard InChI is InChI=1S/C20H29N5O3S/c1-4-8-21-15(26)11-25-12-23-19-16(20(25)28)13(3)17(29-19)18(27)22-10-14-7-6-9-24(14)5-2/h12,14H,4-11H2,1-3H3,(H,21,26)(H,22,27)/p+1. The molecule has 1 aliphatic rings. The van der Waals surface area contributed by atoms with Gasteiger partial charge >= 0.3 is 0 Å². The van der Waals surface area contributed by atoms with Crippen LogP contribution in [-0.2, 0) is 11.3 Å². The van der Waals surface area contributed by atoms with Crippen molar-refractivity contribution in [3.05, 3.63) is 27.1 Å². The number of hydrogen-bond acceptors (Lipinski definition) is 5. The van der Waals surface area contributed by atoms with Crippen LogP contribution in [-0.4, -0.2) is 53.6 Å². The van der Waals surface area contributed by atoms with Gasteiger partial charge in [0, 0.05) is 19.4 Å². The molecule has 2 aromatic heterocycles. The van der Waals surface area contributed by atoms with Crippen LogP contribution < -0.4 is 21.1 Å². The zero-order valence-corrected chi connectivity index (χ0v) is 18.2. The van der Waals surface area contributed by atoms with E-state index in [1.165, 1.54) is 33.6 Å². The van der Waals surface area contributed by atoms with Crippen LogP contribution in [0.2, 0.25) is 0 Å². The maximum atomic E-state index is 12.9. The predicted octanol–water partition coefficient (Wildman–Crippen LogP) is 0.0896. The molecule has 2 atom stereocenters. The summed E-state index contributed by atoms with van der Waals surface area (Å²) in [7, 11) is 0. The lowest BCUT2D eigenvalue weighted by Crippen LogP contribution is -3.14. The van der Waals surface area contributed by atoms with Gasteiger partial charge in [-0.1, -0.05) is 6.92 Å². The van der Waals surface area contributed by atoms with Gasteiger partial charge in [0.2, 0.25) is 5.91 Å². The molecule has 1 aliphatic heterocycles. The molecular weight excluding hydrogens is 390 g/mol. The molecule has 1 saturated heterocycles. The lowest BCUT2D eigenvalue weighted by Gasteiger charge is -2.20. The van der Waals surface area contributed by atoms with Crippen molar-refractivity contribution >= 4 is 33.4 Å². The summed E-state index contributed by atoms with van der Waals surface area (Å²) in [5.74, 6) is -0.375. The second kappa shape index (κ2) is 9.49. The Morgan fingerprint density at radius 3 is 2.86 bits per heavy atom. The first-order valence-corrected chi connectivity index (χ1v) is 11.2. The number of likely N-dealkylation sites (tertiary alicyclic amines) is 1. The molecule has 0 radical (unpaired) electrons. The van der Waals surface area contributed by atoms with Crippen molar-refractivity contribution in [1.29, 1.82) is 0 Å². The van der Waals surface area contributed by atoms with Crippen LogP contribution in [0.3, 0.4) is 0 Å². The second-order valence-corrected chi connectivity index (χ2v) is 8.57. The Labute approximate surface area is 174 Å². The van der Waals surface area contributed by atoms with Crippen LogP contribution in [0.25, 0.3) is 10.2 Å². The molecular formula is C20H30N5O3S+. The number of carbonyl (C=O) groups is 2. The van der Waals surface area contributed by atoms with Crippen molar-refractivity contribution in [2.45, 2.75) is 52.6 Å². The van der Waals surface area contributed by atoms with Crippen LogP contribution in [0.4, 0.5) is 0 Å². The van der Waals surface area contributed by atoms with E-state index in [2.05, 4.69) is 22.5 Å². The molecule has 8 nitrogen and oxygen atoms in total. The van der Waals surface area contributed by atoms with Gasteiger partial charge in [-0.3, -0.25) is 19.0 Å². The van der Waals surface area contributed by atoms with Gasteiger partial charge in [-0.05, 0) is 25.8 Å². The summed E-state index contributed by atoms with van der Waals surface area (Å²) in [5.41, 5.74) is 0.348. The summed E-state index contributed by atoms with van der Waals surface area (Å²) >= 11 is 1.23. The number of likely N-dealkylation sites (N-methyl/N-ethyl adjacent to an activating group) is 1. The van der Waals surface area contributed by atoms with Crippen molar-refractivity contribution in [3.8, 4) is 0 Å². The summed E-state index contributed by atoms with van der Waals surface area (Å²) in [4.78, 5) is 44.5. The minimum Gasteiger partial charge on any atom is -0.355 e. The molecule has 29 heavy (non-hydrogen) atoms. The van der Waals surface area contributed by atoms with E-state index in [9.17, 15) is 14.4 Å². The highest BCUT2D eigenvalue weighted by Crippen LogP contribution is 2.26. The van der Waals surface area contributed by atoms with E-state index >= 15 is 0 Å². The smallest absolute Gasteiger partial charge is 0.262 e. The molecule has 0 saturated carbocycles. The minimum atomic E-state index is -0.285. The SMILES string of the molecule is CCCNC(=O)Cn1cnc2sc(C(=O)NCC3CCC[NH+]3CC)c(C)c2c1=O. The fraction of sp³-hybridized carbons (Fsp3) is 0.600. The van der Waals surface area contributed by atoms with E-state index in [0.717, 1.165) is 25.9 Å². The van der Waals surface area contributed by atoms with E-state index in [0.29, 0.717) is 39.8 Å². The average Bonchev–Trinajstić information content (AvgIpc) is 3.31. The number of aryl methyl sites for hydroxylation is 1. The van der Waals surface area contributed by atoms with Gasteiger partial charge in [0.05, 0.1) is 36.2 Å². The number of thiophene rings is 1. The minimum absolute atomic E-state index is 0.0735. The third kappa shape index (κ3) is 4.67. The molecule has 3 rings (SSSR count). The Bertz CT molecular complexity index is 951. The Hall–Kier alpha value is -2.26. The molecule has 0 aliphatic carbocycles. The number of nitrogens with one attached hydrogen (secondary N) is 3. The molecule has 3 heterocycles. The number of nitrogens with zero attached hydrogens (tertiary/aromatic N) is 2. The highest BCUT2D eigenvalue weighted by molar-refractivity contribution is 7.20. The van der Waals surface area contributed by atoms with E-state index in [1.54, 1.807) is 6.92 Å². The van der Waals surface area contributed by atoms with Crippen molar-refractivity contribution in [3.63, 3.8) is 0 Å². The van der Waals surface area contributed by atoms with Crippen molar-refractivity contribution in [1.82, 2.24) is 20.2 Å². The van der Waals surface area contributed by atoms with Gasteiger partial charge in [0.1, 0.15) is 17.4 Å². The largest absolute Gasteiger partial charge is 0.355 e. The van der Waals surface area contributed by atoms with Crippen LogP contribution in [0.15, 0.2) is 11.1 Å². The molecule has 3 N–H and O–H groups in total. The molecule has 2 unspecified atom stereocenters. The van der Waals surface area contributed by atoms with E-state index < -0.39 is 0 Å². The summed E-state index contributed by atoms with van der Waals surface area (Å²) < 4.78 is 1.30. The fourth-order valence-electron chi connectivity index (χ4n) is 3.96. The van der Waals surface area contributed by atoms with E-state index in [1.807, 2.05) is 6.92 Å². The molecule has 1 fully saturated rings. The van der Waals surface area contributed by atoms with Crippen LogP contribution in [0.1, 0.15) is 48.3 Å². The van der Waals surface area contributed by atoms with Crippen molar-refractivity contribution < 1.29 is 14.5 Å². The number of amides is 2. The third-order valence-corrected chi connectivity index (χ3v) is 6.80. The summed E-state index contributed by atoms with van der Waals surface area (Å²) in [6.07, 6.45) is 4.54. The monoisotopic (exact) mass is 420 g/mol. The first-order valence-electron chi connectivity index (χ1n) is 10.3. The van der Waals surface area contributed by atoms with Gasteiger partial charge in [-0.15, -0.1) is 11.3 Å². The van der Waals surface area contributed by atoms with Gasteiger partial charge in [-0.2, -0.15) is 0 Å². The van der Waals surface area contributed by atoms with Gasteiger partial charge in [-0.25, -0.2) is 4.98 Å². The maximum Gasteiger partial charge on any atom is 0.262 e. The van der Waals surface area contributed by atoms with Crippen molar-refractivity contribution in [2.75, 3.05) is 26.2 Å². The Kier molecular flexibility index (Phi) is 7.02. The normalized spacial score (nSPS) is 18.9. The van der Waals surface area contributed by atoms with E-state index in [-0.39, 0.29) is 23.9 Å². The summed E-state index contributed by atoms with van der Waals surface area (Å²) in [6, 6.07) is 0.454. The Balaban J connectivity index is 1.77. The van der Waals surface area contributed by atoms with Crippen LogP contribution in [0.5, 0.6) is 0 Å². The highest BCUT2D eigenvalue weighted by atomic mass is 32.1. The highest BCUT2D eigenvalue weighted by Gasteiger charge is 2.28. The van der Waals surface area contributed by atoms with Gasteiger partial charge < -0.3 is 15.5 Å². The van der Waals surface area contributed by atoms with Gasteiger partial charge in [0.25, 0.3) is 11.5 Å². The molecule has 0 spiro atoms. The molecule has 158 valence electrons. The molecule has 0 bridgehead atoms. The first-order chi connectivity index (χ1) is 14.0. The molecule has 9 heteroatoms. The predicted molar refractivity (Wildman–Crippen MR) is 114 cm³/mol. The van der Waals surface area contributed by atoms with E-state index in [4.69, 9.17) is 0 Å². The van der Waals surface area contributed by atoms with Gasteiger partial charge in [0.15, 0.2) is 0 Å². The number of quaternary nitrogens is 1. The topological polar surface area (TPSA) is 97.5 Å². The first kappa shape index (κ1) is 21.4. The summed E-state index contributed by atoms with van der Waals surface area (Å²) in [6.45, 7) is 9.29. The molecule has 0 aromatic carbocycles. The van der Waals surface area contributed by atoms with Crippen LogP contribution >= 0.6 is 11.3 Å². The number of hydrogen-bond donors (Lipinski definition) is 3. The number of carbonyl (C=O) groups excluding carboxylic acids is 2. The number of fused-ring (bicyclic) bond motifs is 1. The molecule has 2 amide bonds. The van der Waals surface area contributed by atoms with Crippen LogP contribution in [0, 0.1) is 6.92 Å². The number of aromatic nitrogens is 2. The maximum absolute atomic E-state index is 12.9. The third-order valence-electron chi connectivity index (χ3n) is 5.60. The summed E-state index contributed by atoms with van der Waals surface area (Å²) in [5, 5.41) is 6.23. The average molecular weight is 421 g/mol. The zero-order valence-electron chi connectivity index (χ0n) is 17.3. The zero-order chi connectivity index (χ0) is 21.0. The Morgan fingerprint density at radius 2 is 2.14 bits per heavy atom. The van der Waals surface area contributed by atoms with Crippen molar-refractivity contribution in [2.24, 2.45) is 0 Å². The molecule has 2 aromatic rings. The Morgan fingerprint density at radius 1 is 1.34 bits per heavy atom. The quantitative estimate of drug-likeness (QED) is 0.564. The second-order valence-electron chi connectivity index (χ2n) is 7.57.